The average molecular weight is 190 g/mol. The lowest BCUT2D eigenvalue weighted by Gasteiger charge is -1.94. The molecule has 0 spiro atoms. The van der Waals surface area contributed by atoms with Gasteiger partial charge < -0.3 is 15.9 Å². The number of halogens is 2. The van der Waals surface area contributed by atoms with Gasteiger partial charge in [-0.2, -0.15) is 0 Å². The second kappa shape index (κ2) is 8.81. The fraction of sp³-hybridized carbons (Fsp3) is 0.750. The largest absolute Gasteiger partial charge is 0.503 e. The van der Waals surface area contributed by atoms with Crippen LogP contribution in [0.5, 0.6) is 0 Å². The summed E-state index contributed by atoms with van der Waals surface area (Å²) in [6.07, 6.45) is -1.83. The highest BCUT2D eigenvalue weighted by molar-refractivity contribution is 6.28. The van der Waals surface area contributed by atoms with Gasteiger partial charge in [0.05, 0.1) is 5.38 Å². The van der Waals surface area contributed by atoms with Crippen LogP contribution in [0.3, 0.4) is 0 Å². The van der Waals surface area contributed by atoms with E-state index in [4.69, 9.17) is 43.9 Å². The molecule has 1 unspecified atom stereocenters. The predicted molar refractivity (Wildman–Crippen MR) is 40.1 cm³/mol. The van der Waals surface area contributed by atoms with E-state index in [9.17, 15) is 0 Å². The second-order valence-corrected chi connectivity index (χ2v) is 2.20. The first-order chi connectivity index (χ1) is 4.54. The van der Waals surface area contributed by atoms with Crippen molar-refractivity contribution in [2.45, 2.75) is 5.38 Å². The molecule has 0 fully saturated rings. The Kier molecular flexibility index (Phi) is 11.0. The molecule has 0 aliphatic rings. The summed E-state index contributed by atoms with van der Waals surface area (Å²) in [5.41, 5.74) is 5.07. The minimum absolute atomic E-state index is 0.0494. The van der Waals surface area contributed by atoms with E-state index in [1.165, 1.54) is 0 Å². The molecule has 0 amide bonds. The third kappa shape index (κ3) is 25.0. The first kappa shape index (κ1) is 12.5. The van der Waals surface area contributed by atoms with Crippen molar-refractivity contribution in [2.75, 3.05) is 12.4 Å². The molecule has 1 atom stereocenters. The van der Waals surface area contributed by atoms with Crippen molar-refractivity contribution in [2.24, 2.45) is 5.73 Å². The van der Waals surface area contributed by atoms with Crippen LogP contribution in [0.25, 0.3) is 0 Å². The summed E-state index contributed by atoms with van der Waals surface area (Å²) in [5, 5.41) is 13.9. The molecule has 0 aliphatic heterocycles. The lowest BCUT2D eigenvalue weighted by Crippen LogP contribution is -2.14. The van der Waals surface area contributed by atoms with Crippen LogP contribution < -0.4 is 5.73 Å². The number of carbonyl (C=O) groups is 1. The zero-order chi connectivity index (χ0) is 8.57. The summed E-state index contributed by atoms with van der Waals surface area (Å²) in [7, 11) is 0. The van der Waals surface area contributed by atoms with E-state index in [2.05, 4.69) is 0 Å². The van der Waals surface area contributed by atoms with Crippen LogP contribution in [0.4, 0.5) is 4.79 Å². The third-order valence-corrected chi connectivity index (χ3v) is 1.29. The Morgan fingerprint density at radius 2 is 1.90 bits per heavy atom. The Bertz CT molecular complexity index is 82.6. The Hall–Kier alpha value is -0.190. The SMILES string of the molecule is NCC(Cl)CCl.O=C(O)O. The van der Waals surface area contributed by atoms with E-state index in [0.717, 1.165) is 0 Å². The fourth-order valence-corrected chi connectivity index (χ4v) is 0.189. The molecule has 0 saturated heterocycles. The van der Waals surface area contributed by atoms with E-state index in [1.807, 2.05) is 0 Å². The number of hydrogen-bond acceptors (Lipinski definition) is 2. The minimum atomic E-state index is -1.83. The van der Waals surface area contributed by atoms with Crippen molar-refractivity contribution in [3.05, 3.63) is 0 Å². The van der Waals surface area contributed by atoms with Gasteiger partial charge in [-0.1, -0.05) is 0 Å². The molecule has 0 heterocycles. The van der Waals surface area contributed by atoms with Gasteiger partial charge in [-0.05, 0) is 0 Å². The summed E-state index contributed by atoms with van der Waals surface area (Å²) in [6, 6.07) is 0. The normalized spacial score (nSPS) is 11.1. The average Bonchev–Trinajstić information content (AvgIpc) is 1.85. The molecule has 4 N–H and O–H groups in total. The Morgan fingerprint density at radius 3 is 1.90 bits per heavy atom. The van der Waals surface area contributed by atoms with Crippen molar-refractivity contribution in [3.63, 3.8) is 0 Å². The van der Waals surface area contributed by atoms with Gasteiger partial charge in [0.25, 0.3) is 0 Å². The molecular formula is C4H9Cl2NO3. The topological polar surface area (TPSA) is 83.6 Å². The number of rotatable bonds is 2. The first-order valence-corrected chi connectivity index (χ1v) is 3.33. The Morgan fingerprint density at radius 1 is 1.60 bits per heavy atom. The lowest BCUT2D eigenvalue weighted by atomic mass is 10.5. The lowest BCUT2D eigenvalue weighted by molar-refractivity contribution is 0.137. The van der Waals surface area contributed by atoms with Crippen LogP contribution in [0.1, 0.15) is 0 Å². The molecule has 0 rings (SSSR count). The Balaban J connectivity index is 0. The fourth-order valence-electron chi connectivity index (χ4n) is 0.0630. The van der Waals surface area contributed by atoms with Crippen molar-refractivity contribution in [1.82, 2.24) is 0 Å². The van der Waals surface area contributed by atoms with E-state index in [-0.39, 0.29) is 5.38 Å². The predicted octanol–water partition coefficient (Wildman–Crippen LogP) is 1.01. The van der Waals surface area contributed by atoms with Crippen LogP contribution >= 0.6 is 23.2 Å². The summed E-state index contributed by atoms with van der Waals surface area (Å²) >= 11 is 10.6. The van der Waals surface area contributed by atoms with Crippen molar-refractivity contribution < 1.29 is 15.0 Å². The van der Waals surface area contributed by atoms with Gasteiger partial charge in [0.15, 0.2) is 0 Å². The third-order valence-electron chi connectivity index (χ3n) is 0.423. The van der Waals surface area contributed by atoms with Crippen molar-refractivity contribution in [3.8, 4) is 0 Å². The van der Waals surface area contributed by atoms with Crippen molar-refractivity contribution in [1.29, 1.82) is 0 Å². The van der Waals surface area contributed by atoms with Crippen LogP contribution in [-0.2, 0) is 0 Å². The summed E-state index contributed by atoms with van der Waals surface area (Å²) in [6.45, 7) is 0.463. The molecule has 0 aromatic rings. The van der Waals surface area contributed by atoms with Crippen molar-refractivity contribution >= 4 is 29.4 Å². The molecule has 0 aliphatic carbocycles. The van der Waals surface area contributed by atoms with Gasteiger partial charge in [0.2, 0.25) is 0 Å². The number of nitrogens with two attached hydrogens (primary N) is 1. The molecule has 4 nitrogen and oxygen atoms in total. The molecular weight excluding hydrogens is 181 g/mol. The number of alkyl halides is 2. The van der Waals surface area contributed by atoms with Crippen LogP contribution in [0, 0.1) is 0 Å². The van der Waals surface area contributed by atoms with Crippen LogP contribution in [0.2, 0.25) is 0 Å². The van der Waals surface area contributed by atoms with Gasteiger partial charge in [-0.25, -0.2) is 4.79 Å². The zero-order valence-corrected chi connectivity index (χ0v) is 6.64. The Labute approximate surface area is 68.5 Å². The van der Waals surface area contributed by atoms with Gasteiger partial charge in [-0.3, -0.25) is 0 Å². The van der Waals surface area contributed by atoms with Gasteiger partial charge >= 0.3 is 6.16 Å². The first-order valence-electron chi connectivity index (χ1n) is 2.36. The summed E-state index contributed by atoms with van der Waals surface area (Å²) in [4.78, 5) is 8.56. The molecule has 6 heteroatoms. The zero-order valence-electron chi connectivity index (χ0n) is 5.13. The van der Waals surface area contributed by atoms with Gasteiger partial charge in [0, 0.05) is 12.4 Å². The molecule has 0 aromatic heterocycles. The highest BCUT2D eigenvalue weighted by Gasteiger charge is 1.93. The van der Waals surface area contributed by atoms with E-state index in [0.29, 0.717) is 12.4 Å². The maximum Gasteiger partial charge on any atom is 0.503 e. The van der Waals surface area contributed by atoms with Crippen LogP contribution in [0.15, 0.2) is 0 Å². The van der Waals surface area contributed by atoms with Gasteiger partial charge in [-0.15, -0.1) is 23.2 Å². The maximum absolute atomic E-state index is 8.56. The van der Waals surface area contributed by atoms with E-state index >= 15 is 0 Å². The standard InChI is InChI=1S/C3H7Cl2N.CH2O3/c4-1-3(5)2-6;2-1(3)4/h3H,1-2,6H2;(H2,2,3,4). The number of carboxylic acid groups (broad SMARTS) is 2. The second-order valence-electron chi connectivity index (χ2n) is 1.27. The van der Waals surface area contributed by atoms with E-state index < -0.39 is 6.16 Å². The highest BCUT2D eigenvalue weighted by Crippen LogP contribution is 1.93. The smallest absolute Gasteiger partial charge is 0.450 e. The maximum atomic E-state index is 8.56. The summed E-state index contributed by atoms with van der Waals surface area (Å²) < 4.78 is 0. The van der Waals surface area contributed by atoms with Gasteiger partial charge in [0.1, 0.15) is 0 Å². The molecule has 10 heavy (non-hydrogen) atoms. The van der Waals surface area contributed by atoms with E-state index in [1.54, 1.807) is 0 Å². The molecule has 0 aromatic carbocycles. The molecule has 0 radical (unpaired) electrons. The van der Waals surface area contributed by atoms with Crippen LogP contribution in [-0.4, -0.2) is 34.2 Å². The monoisotopic (exact) mass is 189 g/mol. The minimum Gasteiger partial charge on any atom is -0.450 e. The molecule has 0 bridgehead atoms. The highest BCUT2D eigenvalue weighted by atomic mass is 35.5. The number of hydrogen-bond donors (Lipinski definition) is 3. The summed E-state index contributed by atoms with van der Waals surface area (Å²) in [5.74, 6) is 0.443. The molecule has 0 saturated carbocycles. The molecule has 62 valence electrons. The quantitative estimate of drug-likeness (QED) is 0.567.